The van der Waals surface area contributed by atoms with E-state index in [-0.39, 0.29) is 10.1 Å². The van der Waals surface area contributed by atoms with Crippen LogP contribution in [0.25, 0.3) is 0 Å². The molecule has 1 aromatic heterocycles. The summed E-state index contributed by atoms with van der Waals surface area (Å²) in [6.45, 7) is 3.25. The monoisotopic (exact) mass is 326 g/mol. The number of halogens is 3. The zero-order valence-corrected chi connectivity index (χ0v) is 12.0. The Morgan fingerprint density at radius 2 is 2.10 bits per heavy atom. The number of aromatic nitrogens is 2. The zero-order chi connectivity index (χ0) is 16.1. The van der Waals surface area contributed by atoms with Crippen LogP contribution < -0.4 is 0 Å². The quantitative estimate of drug-likeness (QED) is 0.895. The fraction of sp³-hybridized carbons (Fsp3) is 0.600. The predicted molar refractivity (Wildman–Crippen MR) is 65.7 cm³/mol. The summed E-state index contributed by atoms with van der Waals surface area (Å²) in [6, 6.07) is 0. The third-order valence-electron chi connectivity index (χ3n) is 2.99. The van der Waals surface area contributed by atoms with Crippen molar-refractivity contribution in [2.24, 2.45) is 5.10 Å². The van der Waals surface area contributed by atoms with Gasteiger partial charge in [-0.15, -0.1) is 4.41 Å². The smallest absolute Gasteiger partial charge is 0.361 e. The molecule has 0 saturated heterocycles. The molecular formula is C10H13F3N4O3S. The molecule has 21 heavy (non-hydrogen) atoms. The number of hydrogen-bond donors (Lipinski definition) is 1. The third-order valence-corrected chi connectivity index (χ3v) is 4.64. The topological polar surface area (TPSA) is 87.8 Å². The Morgan fingerprint density at radius 3 is 2.57 bits per heavy atom. The Morgan fingerprint density at radius 1 is 1.48 bits per heavy atom. The highest BCUT2D eigenvalue weighted by atomic mass is 32.2. The SMILES string of the molecule is CCn1cc(S(=O)(=O)N2N=C(C)CC2(O)C(F)(F)F)cn1. The molecule has 0 radical (unpaired) electrons. The second-order valence-corrected chi connectivity index (χ2v) is 6.37. The van der Waals surface area contributed by atoms with E-state index in [4.69, 9.17) is 0 Å². The van der Waals surface area contributed by atoms with E-state index in [9.17, 15) is 26.7 Å². The second kappa shape index (κ2) is 4.70. The molecule has 0 bridgehead atoms. The molecule has 0 aliphatic carbocycles. The van der Waals surface area contributed by atoms with E-state index in [1.54, 1.807) is 6.92 Å². The van der Waals surface area contributed by atoms with Gasteiger partial charge in [-0.05, 0) is 13.8 Å². The molecule has 1 unspecified atom stereocenters. The van der Waals surface area contributed by atoms with Crippen LogP contribution in [-0.2, 0) is 16.6 Å². The predicted octanol–water partition coefficient (Wildman–Crippen LogP) is 0.924. The van der Waals surface area contributed by atoms with Crippen LogP contribution in [0.2, 0.25) is 0 Å². The van der Waals surface area contributed by atoms with Crippen LogP contribution in [-0.4, -0.2) is 45.3 Å². The van der Waals surface area contributed by atoms with Crippen LogP contribution in [0.15, 0.2) is 22.4 Å². The lowest BCUT2D eigenvalue weighted by Gasteiger charge is -2.32. The summed E-state index contributed by atoms with van der Waals surface area (Å²) in [5.41, 5.74) is -3.72. The van der Waals surface area contributed by atoms with Crippen LogP contribution in [0.1, 0.15) is 20.3 Å². The molecule has 2 heterocycles. The van der Waals surface area contributed by atoms with E-state index in [1.807, 2.05) is 0 Å². The van der Waals surface area contributed by atoms with Gasteiger partial charge in [0.05, 0.1) is 6.20 Å². The van der Waals surface area contributed by atoms with Crippen molar-refractivity contribution < 1.29 is 26.7 Å². The standard InChI is InChI=1S/C10H13F3N4O3S/c1-3-16-6-8(5-14-16)21(19,20)17-9(18,10(11,12)13)4-7(2)15-17/h5-6,18H,3-4H2,1-2H3. The number of rotatable bonds is 3. The maximum absolute atomic E-state index is 13.0. The van der Waals surface area contributed by atoms with Gasteiger partial charge in [0.25, 0.3) is 15.7 Å². The molecule has 0 aromatic carbocycles. The maximum atomic E-state index is 13.0. The number of aliphatic hydroxyl groups is 1. The third kappa shape index (κ3) is 2.39. The average Bonchev–Trinajstić information content (AvgIpc) is 2.93. The van der Waals surface area contributed by atoms with Crippen molar-refractivity contribution in [1.29, 1.82) is 0 Å². The molecule has 0 amide bonds. The summed E-state index contributed by atoms with van der Waals surface area (Å²) in [4.78, 5) is -0.467. The summed E-state index contributed by atoms with van der Waals surface area (Å²) in [5, 5.41) is 16.8. The molecule has 1 aliphatic heterocycles. The minimum Gasteiger partial charge on any atom is -0.361 e. The first-order valence-electron chi connectivity index (χ1n) is 5.93. The Kier molecular flexibility index (Phi) is 3.53. The molecule has 0 saturated carbocycles. The molecule has 2 rings (SSSR count). The first kappa shape index (κ1) is 15.8. The summed E-state index contributed by atoms with van der Waals surface area (Å²) in [6.07, 6.45) is -4.12. The first-order valence-corrected chi connectivity index (χ1v) is 7.37. The van der Waals surface area contributed by atoms with Crippen molar-refractivity contribution in [3.63, 3.8) is 0 Å². The zero-order valence-electron chi connectivity index (χ0n) is 11.2. The summed E-state index contributed by atoms with van der Waals surface area (Å²) in [5.74, 6) is 0. The lowest BCUT2D eigenvalue weighted by Crippen LogP contribution is -2.56. The lowest BCUT2D eigenvalue weighted by atomic mass is 10.1. The fourth-order valence-electron chi connectivity index (χ4n) is 1.91. The van der Waals surface area contributed by atoms with E-state index in [1.165, 1.54) is 11.6 Å². The number of hydrazone groups is 1. The van der Waals surface area contributed by atoms with Gasteiger partial charge in [-0.3, -0.25) is 4.68 Å². The number of alkyl halides is 3. The van der Waals surface area contributed by atoms with Crippen molar-refractivity contribution in [1.82, 2.24) is 14.2 Å². The molecule has 118 valence electrons. The summed E-state index contributed by atoms with van der Waals surface area (Å²) >= 11 is 0. The van der Waals surface area contributed by atoms with Crippen LogP contribution in [0.5, 0.6) is 0 Å². The second-order valence-electron chi connectivity index (χ2n) is 4.61. The summed E-state index contributed by atoms with van der Waals surface area (Å²) in [7, 11) is -4.66. The molecule has 7 nitrogen and oxygen atoms in total. The van der Waals surface area contributed by atoms with Gasteiger partial charge in [0.2, 0.25) is 0 Å². The molecule has 1 atom stereocenters. The first-order chi connectivity index (χ1) is 9.52. The van der Waals surface area contributed by atoms with E-state index in [2.05, 4.69) is 10.2 Å². The van der Waals surface area contributed by atoms with Crippen LogP contribution >= 0.6 is 0 Å². The van der Waals surface area contributed by atoms with Crippen LogP contribution in [0.4, 0.5) is 13.2 Å². The van der Waals surface area contributed by atoms with Crippen molar-refractivity contribution in [2.75, 3.05) is 0 Å². The van der Waals surface area contributed by atoms with Crippen molar-refractivity contribution >= 4 is 15.7 Å². The van der Waals surface area contributed by atoms with Crippen molar-refractivity contribution in [3.8, 4) is 0 Å². The van der Waals surface area contributed by atoms with E-state index in [0.29, 0.717) is 6.54 Å². The van der Waals surface area contributed by atoms with Gasteiger partial charge in [0, 0.05) is 24.9 Å². The Bertz CT molecular complexity index is 682. The minimum atomic E-state index is -5.18. The molecule has 11 heteroatoms. The molecule has 0 fully saturated rings. The molecule has 1 aliphatic rings. The fourth-order valence-corrected chi connectivity index (χ4v) is 3.36. The van der Waals surface area contributed by atoms with Gasteiger partial charge in [0.1, 0.15) is 4.90 Å². The lowest BCUT2D eigenvalue weighted by molar-refractivity contribution is -0.291. The van der Waals surface area contributed by atoms with Gasteiger partial charge >= 0.3 is 6.18 Å². The number of aryl methyl sites for hydroxylation is 1. The molecular weight excluding hydrogens is 313 g/mol. The van der Waals surface area contributed by atoms with Crippen molar-refractivity contribution in [3.05, 3.63) is 12.4 Å². The Labute approximate surface area is 118 Å². The Hall–Kier alpha value is -1.62. The largest absolute Gasteiger partial charge is 0.439 e. The van der Waals surface area contributed by atoms with Gasteiger partial charge in [-0.1, -0.05) is 0 Å². The minimum absolute atomic E-state index is 0.138. The van der Waals surface area contributed by atoms with Crippen LogP contribution in [0, 0.1) is 0 Å². The molecule has 0 spiro atoms. The van der Waals surface area contributed by atoms with Gasteiger partial charge in [-0.2, -0.15) is 31.8 Å². The normalized spacial score (nSPS) is 23.5. The van der Waals surface area contributed by atoms with E-state index < -0.39 is 33.2 Å². The Balaban J connectivity index is 2.51. The van der Waals surface area contributed by atoms with E-state index >= 15 is 0 Å². The highest BCUT2D eigenvalue weighted by Crippen LogP contribution is 2.42. The van der Waals surface area contributed by atoms with Gasteiger partial charge < -0.3 is 5.11 Å². The van der Waals surface area contributed by atoms with Gasteiger partial charge in [0.15, 0.2) is 0 Å². The summed E-state index contributed by atoms with van der Waals surface area (Å²) < 4.78 is 64.6. The number of hydrogen-bond acceptors (Lipinski definition) is 5. The average molecular weight is 326 g/mol. The van der Waals surface area contributed by atoms with Gasteiger partial charge in [-0.25, -0.2) is 0 Å². The van der Waals surface area contributed by atoms with Crippen molar-refractivity contribution in [2.45, 2.75) is 43.6 Å². The number of nitrogens with zero attached hydrogens (tertiary/aromatic N) is 4. The molecule has 1 N–H and O–H groups in total. The highest BCUT2D eigenvalue weighted by Gasteiger charge is 2.64. The number of sulfonamides is 1. The van der Waals surface area contributed by atoms with Crippen LogP contribution in [0.3, 0.4) is 0 Å². The highest BCUT2D eigenvalue weighted by molar-refractivity contribution is 7.89. The van der Waals surface area contributed by atoms with E-state index in [0.717, 1.165) is 12.4 Å². The molecule has 1 aromatic rings. The maximum Gasteiger partial charge on any atom is 0.439 e.